The third-order valence-corrected chi connectivity index (χ3v) is 2.08. The van der Waals surface area contributed by atoms with Crippen LogP contribution in [0.5, 0.6) is 0 Å². The van der Waals surface area contributed by atoms with Crippen molar-refractivity contribution in [1.82, 2.24) is 0 Å². The molecule has 0 saturated heterocycles. The highest BCUT2D eigenvalue weighted by Gasteiger charge is 2.11. The van der Waals surface area contributed by atoms with Gasteiger partial charge in [-0.25, -0.2) is 4.39 Å². The van der Waals surface area contributed by atoms with Crippen LogP contribution in [0.15, 0.2) is 41.0 Å². The van der Waals surface area contributed by atoms with Crippen molar-refractivity contribution in [2.45, 2.75) is 6.92 Å². The molecule has 0 bridgehead atoms. The smallest absolute Gasteiger partial charge is 0.196 e. The number of carbonyl (C=O) groups is 1. The first-order valence-corrected chi connectivity index (χ1v) is 4.52. The van der Waals surface area contributed by atoms with Gasteiger partial charge in [-0.15, -0.1) is 0 Å². The van der Waals surface area contributed by atoms with Gasteiger partial charge in [-0.1, -0.05) is 12.1 Å². The van der Waals surface area contributed by atoms with E-state index in [4.69, 9.17) is 4.42 Å². The fraction of sp³-hybridized carbons (Fsp3) is 0.0833. The van der Waals surface area contributed by atoms with Gasteiger partial charge in [0.25, 0.3) is 0 Å². The minimum atomic E-state index is -0.416. The van der Waals surface area contributed by atoms with Gasteiger partial charge in [0.15, 0.2) is 5.78 Å². The van der Waals surface area contributed by atoms with Gasteiger partial charge in [0, 0.05) is 5.56 Å². The Bertz CT molecular complexity index is 500. The van der Waals surface area contributed by atoms with Gasteiger partial charge in [0.2, 0.25) is 0 Å². The summed E-state index contributed by atoms with van der Waals surface area (Å²) in [5, 5.41) is 0. The number of benzene rings is 1. The molecule has 0 aliphatic heterocycles. The topological polar surface area (TPSA) is 30.2 Å². The fourth-order valence-corrected chi connectivity index (χ4v) is 1.36. The van der Waals surface area contributed by atoms with Gasteiger partial charge >= 0.3 is 0 Å². The Balaban J connectivity index is 2.36. The normalized spacial score (nSPS) is 10.3. The van der Waals surface area contributed by atoms with Crippen LogP contribution in [-0.4, -0.2) is 5.78 Å². The zero-order valence-corrected chi connectivity index (χ0v) is 8.16. The van der Waals surface area contributed by atoms with Crippen LogP contribution in [-0.2, 0) is 0 Å². The summed E-state index contributed by atoms with van der Waals surface area (Å²) in [5.74, 6) is 0.0159. The summed E-state index contributed by atoms with van der Waals surface area (Å²) in [6, 6.07) is 7.23. The zero-order valence-electron chi connectivity index (χ0n) is 8.16. The Morgan fingerprint density at radius 2 is 2.07 bits per heavy atom. The number of carbonyl (C=O) groups excluding carboxylic acids is 1. The van der Waals surface area contributed by atoms with E-state index in [1.807, 2.05) is 0 Å². The minimum absolute atomic E-state index is 0.230. The summed E-state index contributed by atoms with van der Waals surface area (Å²) in [6.07, 6.45) is 1.38. The molecular weight excluding hydrogens is 195 g/mol. The maximum atomic E-state index is 12.9. The number of ketones is 1. The van der Waals surface area contributed by atoms with Crippen LogP contribution in [0.25, 0.3) is 0 Å². The van der Waals surface area contributed by atoms with E-state index in [-0.39, 0.29) is 5.78 Å². The predicted octanol–water partition coefficient (Wildman–Crippen LogP) is 2.96. The predicted molar refractivity (Wildman–Crippen MR) is 53.3 cm³/mol. The van der Waals surface area contributed by atoms with E-state index in [1.54, 1.807) is 19.1 Å². The van der Waals surface area contributed by atoms with Crippen LogP contribution >= 0.6 is 0 Å². The monoisotopic (exact) mass is 204 g/mol. The Labute approximate surface area is 86.3 Å². The minimum Gasteiger partial charge on any atom is -0.469 e. The third kappa shape index (κ3) is 1.96. The number of hydrogen-bond donors (Lipinski definition) is 0. The lowest BCUT2D eigenvalue weighted by atomic mass is 10.1. The molecule has 76 valence electrons. The van der Waals surface area contributed by atoms with Gasteiger partial charge in [-0.05, 0) is 25.1 Å². The van der Waals surface area contributed by atoms with Crippen molar-refractivity contribution in [1.29, 1.82) is 0 Å². The highest BCUT2D eigenvalue weighted by molar-refractivity contribution is 6.08. The highest BCUT2D eigenvalue weighted by atomic mass is 19.1. The summed E-state index contributed by atoms with van der Waals surface area (Å²) < 4.78 is 17.9. The number of aryl methyl sites for hydroxylation is 1. The highest BCUT2D eigenvalue weighted by Crippen LogP contribution is 2.13. The maximum Gasteiger partial charge on any atom is 0.196 e. The van der Waals surface area contributed by atoms with Gasteiger partial charge in [-0.2, -0.15) is 0 Å². The van der Waals surface area contributed by atoms with E-state index >= 15 is 0 Å². The SMILES string of the molecule is Cc1cc(C(=O)c2cccc(F)c2)co1. The second kappa shape index (κ2) is 3.69. The third-order valence-electron chi connectivity index (χ3n) is 2.08. The molecule has 0 fully saturated rings. The fourth-order valence-electron chi connectivity index (χ4n) is 1.36. The van der Waals surface area contributed by atoms with Crippen LogP contribution in [0.2, 0.25) is 0 Å². The van der Waals surface area contributed by atoms with Crippen molar-refractivity contribution in [2.75, 3.05) is 0 Å². The molecule has 0 saturated carbocycles. The first-order valence-electron chi connectivity index (χ1n) is 4.52. The van der Waals surface area contributed by atoms with Gasteiger partial charge < -0.3 is 4.42 Å². The molecule has 0 spiro atoms. The van der Waals surface area contributed by atoms with E-state index in [9.17, 15) is 9.18 Å². The first-order chi connectivity index (χ1) is 7.16. The average molecular weight is 204 g/mol. The van der Waals surface area contributed by atoms with E-state index < -0.39 is 5.82 Å². The maximum absolute atomic E-state index is 12.9. The molecule has 2 nitrogen and oxygen atoms in total. The average Bonchev–Trinajstić information content (AvgIpc) is 2.64. The van der Waals surface area contributed by atoms with Crippen molar-refractivity contribution in [3.05, 3.63) is 59.3 Å². The van der Waals surface area contributed by atoms with E-state index in [2.05, 4.69) is 0 Å². The molecule has 3 heteroatoms. The molecule has 0 aliphatic rings. The van der Waals surface area contributed by atoms with Crippen molar-refractivity contribution in [3.63, 3.8) is 0 Å². The van der Waals surface area contributed by atoms with Crippen LogP contribution in [0.4, 0.5) is 4.39 Å². The number of furan rings is 1. The molecule has 2 aromatic rings. The van der Waals surface area contributed by atoms with Crippen LogP contribution in [0, 0.1) is 12.7 Å². The summed E-state index contributed by atoms with van der Waals surface area (Å²) in [6.45, 7) is 1.75. The molecule has 0 radical (unpaired) electrons. The molecule has 2 rings (SSSR count). The van der Waals surface area contributed by atoms with E-state index in [0.29, 0.717) is 16.9 Å². The Kier molecular flexibility index (Phi) is 2.37. The summed E-state index contributed by atoms with van der Waals surface area (Å²) in [4.78, 5) is 11.8. The lowest BCUT2D eigenvalue weighted by Crippen LogP contribution is -1.99. The van der Waals surface area contributed by atoms with Gasteiger partial charge in [-0.3, -0.25) is 4.79 Å². The molecule has 0 atom stereocenters. The first kappa shape index (κ1) is 9.65. The second-order valence-electron chi connectivity index (χ2n) is 3.29. The molecule has 1 heterocycles. The van der Waals surface area contributed by atoms with Crippen molar-refractivity contribution < 1.29 is 13.6 Å². The molecule has 0 amide bonds. The van der Waals surface area contributed by atoms with Crippen LogP contribution in [0.1, 0.15) is 21.7 Å². The Morgan fingerprint density at radius 3 is 2.67 bits per heavy atom. The quantitative estimate of drug-likeness (QED) is 0.704. The van der Waals surface area contributed by atoms with E-state index in [1.165, 1.54) is 24.5 Å². The van der Waals surface area contributed by atoms with E-state index in [0.717, 1.165) is 0 Å². The molecule has 0 aliphatic carbocycles. The van der Waals surface area contributed by atoms with Gasteiger partial charge in [0.1, 0.15) is 17.8 Å². The Morgan fingerprint density at radius 1 is 1.27 bits per heavy atom. The van der Waals surface area contributed by atoms with Gasteiger partial charge in [0.05, 0.1) is 5.56 Å². The second-order valence-corrected chi connectivity index (χ2v) is 3.29. The molecule has 15 heavy (non-hydrogen) atoms. The summed E-state index contributed by atoms with van der Waals surface area (Å²) >= 11 is 0. The van der Waals surface area contributed by atoms with Crippen molar-refractivity contribution in [3.8, 4) is 0 Å². The molecule has 0 N–H and O–H groups in total. The lowest BCUT2D eigenvalue weighted by Gasteiger charge is -1.96. The van der Waals surface area contributed by atoms with Crippen molar-refractivity contribution >= 4 is 5.78 Å². The number of hydrogen-bond acceptors (Lipinski definition) is 2. The molecule has 1 aromatic heterocycles. The molecule has 0 unspecified atom stereocenters. The molecular formula is C12H9FO2. The summed E-state index contributed by atoms with van der Waals surface area (Å²) in [7, 11) is 0. The zero-order chi connectivity index (χ0) is 10.8. The number of halogens is 1. The largest absolute Gasteiger partial charge is 0.469 e. The van der Waals surface area contributed by atoms with Crippen LogP contribution < -0.4 is 0 Å². The van der Waals surface area contributed by atoms with Crippen molar-refractivity contribution in [2.24, 2.45) is 0 Å². The number of rotatable bonds is 2. The molecule has 1 aromatic carbocycles. The van der Waals surface area contributed by atoms with Crippen LogP contribution in [0.3, 0.4) is 0 Å². The lowest BCUT2D eigenvalue weighted by molar-refractivity contribution is 0.103. The Hall–Kier alpha value is -1.90. The summed E-state index contributed by atoms with van der Waals surface area (Å²) in [5.41, 5.74) is 0.772. The standard InChI is InChI=1S/C12H9FO2/c1-8-5-10(7-15-8)12(14)9-3-2-4-11(13)6-9/h2-7H,1H3.